The molecule has 4 aromatic rings. The zero-order valence-electron chi connectivity index (χ0n) is 15.8. The summed E-state index contributed by atoms with van der Waals surface area (Å²) in [5, 5.41) is 9.66. The molecule has 5 rings (SSSR count). The second-order valence-electron chi connectivity index (χ2n) is 6.59. The Labute approximate surface area is 165 Å². The molecule has 7 nitrogen and oxygen atoms in total. The number of hydrogen-bond acceptors (Lipinski definition) is 4. The van der Waals surface area contributed by atoms with E-state index < -0.39 is 5.97 Å². The fourth-order valence-electron chi connectivity index (χ4n) is 3.25. The maximum atomic E-state index is 12.1. The highest BCUT2D eigenvalue weighted by Gasteiger charge is 2.13. The lowest BCUT2D eigenvalue weighted by Crippen LogP contribution is -2.15. The first-order chi connectivity index (χ1) is 14.1. The van der Waals surface area contributed by atoms with Crippen LogP contribution in [0.5, 0.6) is 11.5 Å². The van der Waals surface area contributed by atoms with Crippen molar-refractivity contribution in [2.75, 3.05) is 13.2 Å². The zero-order chi connectivity index (χ0) is 20.4. The number of ether oxygens (including phenoxy) is 2. The molecule has 2 aromatic carbocycles. The summed E-state index contributed by atoms with van der Waals surface area (Å²) in [6.45, 7) is 2.75. The quantitative estimate of drug-likeness (QED) is 0.479. The van der Waals surface area contributed by atoms with Gasteiger partial charge in [0.05, 0.1) is 0 Å². The van der Waals surface area contributed by atoms with Crippen LogP contribution in [0, 0.1) is 0 Å². The Morgan fingerprint density at radius 1 is 1.00 bits per heavy atom. The third-order valence-electron chi connectivity index (χ3n) is 4.71. The standard InChI is InChI=1S/C19H14N2O3.C3H6O2/c22-19-18-13(5-6-20-18)14-9-11(1-3-15(14)21-19)12-2-4-16-17(10-12)24-8-7-23-16;1-2-3(4)5/h1-6,9-10,20H,7-8H2,(H,21,22);2H2,1H3,(H,4,5). The highest BCUT2D eigenvalue weighted by Crippen LogP contribution is 2.35. The average molecular weight is 392 g/mol. The van der Waals surface area contributed by atoms with Crippen molar-refractivity contribution >= 4 is 27.8 Å². The van der Waals surface area contributed by atoms with Gasteiger partial charge < -0.3 is 24.5 Å². The fourth-order valence-corrected chi connectivity index (χ4v) is 3.25. The second-order valence-corrected chi connectivity index (χ2v) is 6.59. The van der Waals surface area contributed by atoms with Crippen molar-refractivity contribution in [1.29, 1.82) is 0 Å². The summed E-state index contributed by atoms with van der Waals surface area (Å²) in [5.74, 6) is 0.806. The number of aliphatic carboxylic acids is 1. The average Bonchev–Trinajstić information content (AvgIpc) is 3.25. The summed E-state index contributed by atoms with van der Waals surface area (Å²) in [6.07, 6.45) is 2.01. The molecular weight excluding hydrogens is 372 g/mol. The van der Waals surface area contributed by atoms with Crippen molar-refractivity contribution < 1.29 is 19.4 Å². The van der Waals surface area contributed by atoms with Gasteiger partial charge in [0, 0.05) is 28.9 Å². The molecule has 3 heterocycles. The lowest BCUT2D eigenvalue weighted by molar-refractivity contribution is -0.136. The minimum absolute atomic E-state index is 0.102. The van der Waals surface area contributed by atoms with Crippen LogP contribution in [0.1, 0.15) is 13.3 Å². The molecule has 0 amide bonds. The molecule has 0 unspecified atom stereocenters. The molecule has 0 radical (unpaired) electrons. The van der Waals surface area contributed by atoms with E-state index in [4.69, 9.17) is 14.6 Å². The molecule has 1 aliphatic rings. The minimum atomic E-state index is -0.745. The molecule has 2 aromatic heterocycles. The van der Waals surface area contributed by atoms with E-state index in [9.17, 15) is 9.59 Å². The van der Waals surface area contributed by atoms with Crippen molar-refractivity contribution in [2.24, 2.45) is 0 Å². The van der Waals surface area contributed by atoms with Gasteiger partial charge in [-0.1, -0.05) is 19.1 Å². The number of carboxylic acid groups (broad SMARTS) is 1. The van der Waals surface area contributed by atoms with E-state index in [0.29, 0.717) is 18.7 Å². The van der Waals surface area contributed by atoms with Gasteiger partial charge in [-0.25, -0.2) is 0 Å². The third kappa shape index (κ3) is 3.67. The summed E-state index contributed by atoms with van der Waals surface area (Å²) in [6, 6.07) is 13.9. The molecule has 148 valence electrons. The van der Waals surface area contributed by atoms with Crippen molar-refractivity contribution in [3.63, 3.8) is 0 Å². The highest BCUT2D eigenvalue weighted by molar-refractivity contribution is 6.05. The van der Waals surface area contributed by atoms with Crippen LogP contribution < -0.4 is 15.0 Å². The van der Waals surface area contributed by atoms with Crippen molar-refractivity contribution in [3.05, 3.63) is 59.0 Å². The van der Waals surface area contributed by atoms with E-state index in [1.54, 1.807) is 13.1 Å². The van der Waals surface area contributed by atoms with Crippen molar-refractivity contribution in [1.82, 2.24) is 9.97 Å². The van der Waals surface area contributed by atoms with Crippen LogP contribution in [0.2, 0.25) is 0 Å². The number of benzene rings is 2. The smallest absolute Gasteiger partial charge is 0.303 e. The molecule has 0 saturated heterocycles. The Bertz CT molecular complexity index is 1260. The Balaban J connectivity index is 0.000000369. The summed E-state index contributed by atoms with van der Waals surface area (Å²) in [4.78, 5) is 27.3. The lowest BCUT2D eigenvalue weighted by atomic mass is 10.0. The molecule has 0 fully saturated rings. The van der Waals surface area contributed by atoms with Gasteiger partial charge in [-0.2, -0.15) is 0 Å². The number of rotatable bonds is 2. The van der Waals surface area contributed by atoms with Gasteiger partial charge in [-0.15, -0.1) is 0 Å². The summed E-state index contributed by atoms with van der Waals surface area (Å²) in [5.41, 5.74) is 3.44. The van der Waals surface area contributed by atoms with E-state index in [1.807, 2.05) is 36.4 Å². The van der Waals surface area contributed by atoms with Crippen LogP contribution in [0.25, 0.3) is 32.9 Å². The van der Waals surface area contributed by atoms with Gasteiger partial charge in [-0.3, -0.25) is 9.59 Å². The van der Waals surface area contributed by atoms with Crippen LogP contribution >= 0.6 is 0 Å². The van der Waals surface area contributed by atoms with Gasteiger partial charge in [0.2, 0.25) is 0 Å². The van der Waals surface area contributed by atoms with Crippen molar-refractivity contribution in [2.45, 2.75) is 13.3 Å². The maximum Gasteiger partial charge on any atom is 0.303 e. The van der Waals surface area contributed by atoms with E-state index in [2.05, 4.69) is 16.0 Å². The van der Waals surface area contributed by atoms with Crippen molar-refractivity contribution in [3.8, 4) is 22.6 Å². The van der Waals surface area contributed by atoms with Crippen LogP contribution in [-0.2, 0) is 4.79 Å². The number of nitrogens with one attached hydrogen (secondary N) is 2. The Kier molecular flexibility index (Phi) is 4.95. The van der Waals surface area contributed by atoms with Crippen LogP contribution in [0.15, 0.2) is 53.5 Å². The van der Waals surface area contributed by atoms with E-state index >= 15 is 0 Å². The molecular formula is C22H20N2O5. The van der Waals surface area contributed by atoms with E-state index in [1.165, 1.54) is 0 Å². The second kappa shape index (κ2) is 7.71. The zero-order valence-corrected chi connectivity index (χ0v) is 15.8. The molecule has 7 heteroatoms. The molecule has 0 saturated carbocycles. The lowest BCUT2D eigenvalue weighted by Gasteiger charge is -2.19. The first-order valence-electron chi connectivity index (χ1n) is 9.31. The summed E-state index contributed by atoms with van der Waals surface area (Å²) >= 11 is 0. The van der Waals surface area contributed by atoms with Gasteiger partial charge in [0.1, 0.15) is 18.7 Å². The monoisotopic (exact) mass is 392 g/mol. The number of H-pyrrole nitrogens is 2. The van der Waals surface area contributed by atoms with Gasteiger partial charge in [0.15, 0.2) is 11.5 Å². The van der Waals surface area contributed by atoms with Gasteiger partial charge in [-0.05, 0) is 41.5 Å². The predicted molar refractivity (Wildman–Crippen MR) is 111 cm³/mol. The number of aromatic nitrogens is 2. The summed E-state index contributed by atoms with van der Waals surface area (Å²) in [7, 11) is 0. The molecule has 29 heavy (non-hydrogen) atoms. The SMILES string of the molecule is CCC(=O)O.O=c1[nH]c2ccc(-c3ccc4c(c3)OCCO4)cc2c2cc[nH]c12. The van der Waals surface area contributed by atoms with Gasteiger partial charge in [0.25, 0.3) is 5.56 Å². The third-order valence-corrected chi connectivity index (χ3v) is 4.71. The summed E-state index contributed by atoms with van der Waals surface area (Å²) < 4.78 is 11.2. The molecule has 0 bridgehead atoms. The number of pyridine rings is 1. The number of fused-ring (bicyclic) bond motifs is 4. The first kappa shape index (κ1) is 18.6. The fraction of sp³-hybridized carbons (Fsp3) is 0.182. The number of aromatic amines is 2. The molecule has 3 N–H and O–H groups in total. The van der Waals surface area contributed by atoms with Gasteiger partial charge >= 0.3 is 5.97 Å². The Hall–Kier alpha value is -3.74. The van der Waals surface area contributed by atoms with Crippen LogP contribution in [0.3, 0.4) is 0 Å². The minimum Gasteiger partial charge on any atom is -0.486 e. The first-order valence-corrected chi connectivity index (χ1v) is 9.31. The highest BCUT2D eigenvalue weighted by atomic mass is 16.6. The maximum absolute atomic E-state index is 12.1. The topological polar surface area (TPSA) is 104 Å². The molecule has 0 aliphatic carbocycles. The number of carboxylic acids is 1. The molecule has 0 spiro atoms. The largest absolute Gasteiger partial charge is 0.486 e. The van der Waals surface area contributed by atoms with Crippen LogP contribution in [-0.4, -0.2) is 34.3 Å². The molecule has 0 atom stereocenters. The predicted octanol–water partition coefficient (Wildman–Crippen LogP) is 3.93. The van der Waals surface area contributed by atoms with Crippen LogP contribution in [0.4, 0.5) is 0 Å². The van der Waals surface area contributed by atoms with E-state index in [0.717, 1.165) is 38.9 Å². The van der Waals surface area contributed by atoms with E-state index in [-0.39, 0.29) is 12.0 Å². The molecule has 1 aliphatic heterocycles. The Morgan fingerprint density at radius 3 is 2.45 bits per heavy atom. The normalized spacial score (nSPS) is 12.4. The number of hydrogen-bond donors (Lipinski definition) is 3. The Morgan fingerprint density at radius 2 is 1.69 bits per heavy atom. The number of carbonyl (C=O) groups is 1.